The largest absolute Gasteiger partial charge is 0.512 e. The number of sulfone groups is 1. The lowest BCUT2D eigenvalue weighted by molar-refractivity contribution is -0.115. The van der Waals surface area contributed by atoms with Gasteiger partial charge in [0.1, 0.15) is 5.76 Å². The molecular weight excluding hydrogens is 360 g/mol. The van der Waals surface area contributed by atoms with E-state index in [1.165, 1.54) is 0 Å². The number of benzene rings is 1. The highest BCUT2D eigenvalue weighted by molar-refractivity contribution is 7.91. The van der Waals surface area contributed by atoms with E-state index in [-0.39, 0.29) is 23.2 Å². The first-order valence-electron chi connectivity index (χ1n) is 9.94. The Balaban J connectivity index is 2.40. The molecule has 0 spiro atoms. The van der Waals surface area contributed by atoms with E-state index in [9.17, 15) is 18.3 Å². The molecule has 0 amide bonds. The maximum atomic E-state index is 13.0. The molecule has 1 aliphatic carbocycles. The van der Waals surface area contributed by atoms with Gasteiger partial charge in [-0.05, 0) is 55.7 Å². The summed E-state index contributed by atoms with van der Waals surface area (Å²) in [6.07, 6.45) is 2.66. The van der Waals surface area contributed by atoms with E-state index >= 15 is 0 Å². The first-order chi connectivity index (χ1) is 12.6. The van der Waals surface area contributed by atoms with Gasteiger partial charge in [0.05, 0.1) is 10.8 Å². The Kier molecular flexibility index (Phi) is 6.90. The fourth-order valence-corrected chi connectivity index (χ4v) is 5.28. The molecule has 27 heavy (non-hydrogen) atoms. The number of ketones is 1. The number of Topliss-reactive ketones (excluding diaryl/α,β-unsaturated/α-hetero) is 1. The molecule has 2 unspecified atom stereocenters. The second kappa shape index (κ2) is 8.59. The van der Waals surface area contributed by atoms with Crippen LogP contribution in [0, 0.1) is 12.8 Å². The van der Waals surface area contributed by atoms with Gasteiger partial charge >= 0.3 is 0 Å². The molecule has 1 aromatic carbocycles. The Morgan fingerprint density at radius 1 is 1.11 bits per heavy atom. The molecule has 150 valence electrons. The van der Waals surface area contributed by atoms with Gasteiger partial charge in [-0.3, -0.25) is 4.79 Å². The van der Waals surface area contributed by atoms with E-state index in [1.54, 1.807) is 13.8 Å². The average molecular weight is 393 g/mol. The summed E-state index contributed by atoms with van der Waals surface area (Å²) in [4.78, 5) is 13.0. The molecule has 0 radical (unpaired) electrons. The highest BCUT2D eigenvalue weighted by Gasteiger charge is 2.33. The van der Waals surface area contributed by atoms with Crippen molar-refractivity contribution in [1.29, 1.82) is 0 Å². The maximum Gasteiger partial charge on any atom is 0.167 e. The summed E-state index contributed by atoms with van der Waals surface area (Å²) < 4.78 is 24.1. The van der Waals surface area contributed by atoms with Crippen molar-refractivity contribution in [2.24, 2.45) is 5.92 Å². The quantitative estimate of drug-likeness (QED) is 0.737. The van der Waals surface area contributed by atoms with Gasteiger partial charge in [-0.15, -0.1) is 0 Å². The summed E-state index contributed by atoms with van der Waals surface area (Å²) >= 11 is 0. The Morgan fingerprint density at radius 3 is 2.11 bits per heavy atom. The van der Waals surface area contributed by atoms with Crippen LogP contribution in [0.4, 0.5) is 0 Å². The molecular formula is C22H32O4S. The molecule has 0 aromatic heterocycles. The summed E-state index contributed by atoms with van der Waals surface area (Å²) in [5.41, 5.74) is 4.67. The molecule has 2 atom stereocenters. The topological polar surface area (TPSA) is 71.4 Å². The van der Waals surface area contributed by atoms with Crippen LogP contribution in [0.1, 0.15) is 69.2 Å². The molecule has 0 fully saturated rings. The number of carbonyl (C=O) groups excluding carboxylic acids is 1. The van der Waals surface area contributed by atoms with Crippen LogP contribution in [0.15, 0.2) is 17.9 Å². The highest BCUT2D eigenvalue weighted by atomic mass is 32.2. The summed E-state index contributed by atoms with van der Waals surface area (Å²) in [5, 5.41) is 10.3. The van der Waals surface area contributed by atoms with Crippen molar-refractivity contribution in [2.75, 3.05) is 5.75 Å². The number of aliphatic hydroxyl groups excluding tert-OH is 1. The van der Waals surface area contributed by atoms with Crippen LogP contribution in [0.3, 0.4) is 0 Å². The van der Waals surface area contributed by atoms with Gasteiger partial charge in [0.2, 0.25) is 0 Å². The molecule has 0 bridgehead atoms. The molecule has 1 N–H and O–H groups in total. The second-order valence-electron chi connectivity index (χ2n) is 7.68. The fourth-order valence-electron chi connectivity index (χ4n) is 4.14. The number of aliphatic hydroxyl groups is 1. The molecule has 0 aliphatic heterocycles. The van der Waals surface area contributed by atoms with Crippen molar-refractivity contribution in [3.63, 3.8) is 0 Å². The van der Waals surface area contributed by atoms with Crippen molar-refractivity contribution < 1.29 is 18.3 Å². The molecule has 0 saturated carbocycles. The normalized spacial score (nSPS) is 19.4. The lowest BCUT2D eigenvalue weighted by atomic mass is 9.79. The predicted molar refractivity (Wildman–Crippen MR) is 111 cm³/mol. The van der Waals surface area contributed by atoms with Gasteiger partial charge in [0.25, 0.3) is 0 Å². The monoisotopic (exact) mass is 392 g/mol. The molecule has 0 saturated heterocycles. The van der Waals surface area contributed by atoms with Gasteiger partial charge in [-0.1, -0.05) is 38.5 Å². The molecule has 0 heterocycles. The van der Waals surface area contributed by atoms with Crippen molar-refractivity contribution >= 4 is 21.2 Å². The lowest BCUT2D eigenvalue weighted by Gasteiger charge is -2.27. The van der Waals surface area contributed by atoms with Crippen molar-refractivity contribution in [2.45, 2.75) is 72.0 Å². The first-order valence-corrected chi connectivity index (χ1v) is 11.7. The third-order valence-corrected chi connectivity index (χ3v) is 7.89. The van der Waals surface area contributed by atoms with Gasteiger partial charge in [-0.2, -0.15) is 0 Å². The van der Waals surface area contributed by atoms with Crippen molar-refractivity contribution in [3.8, 4) is 0 Å². The van der Waals surface area contributed by atoms with E-state index in [1.807, 2.05) is 6.92 Å². The Bertz CT molecular complexity index is 824. The minimum Gasteiger partial charge on any atom is -0.512 e. The Hall–Kier alpha value is -1.62. The minimum absolute atomic E-state index is 0.0712. The summed E-state index contributed by atoms with van der Waals surface area (Å²) in [5.74, 6) is 0.0206. The maximum absolute atomic E-state index is 13.0. The SMILES string of the molecule is CCc1cc(C)cc(CC)c1C1=C(O)CC(CC(C)S(=O)(=O)CC)CC1=O. The third kappa shape index (κ3) is 4.63. The van der Waals surface area contributed by atoms with Crippen molar-refractivity contribution in [1.82, 2.24) is 0 Å². The van der Waals surface area contributed by atoms with Crippen LogP contribution in [-0.2, 0) is 27.5 Å². The van der Waals surface area contributed by atoms with Gasteiger partial charge in [0.15, 0.2) is 15.6 Å². The van der Waals surface area contributed by atoms with Crippen molar-refractivity contribution in [3.05, 3.63) is 40.1 Å². The second-order valence-corrected chi connectivity index (χ2v) is 10.4. The van der Waals surface area contributed by atoms with E-state index < -0.39 is 15.1 Å². The van der Waals surface area contributed by atoms with Crippen LogP contribution < -0.4 is 0 Å². The number of allylic oxidation sites excluding steroid dienone is 2. The summed E-state index contributed by atoms with van der Waals surface area (Å²) in [6, 6.07) is 4.17. The van der Waals surface area contributed by atoms with Gasteiger partial charge in [-0.25, -0.2) is 8.42 Å². The lowest BCUT2D eigenvalue weighted by Crippen LogP contribution is -2.27. The van der Waals surface area contributed by atoms with E-state index in [0.717, 1.165) is 35.1 Å². The number of carbonyl (C=O) groups is 1. The third-order valence-electron chi connectivity index (χ3n) is 5.66. The average Bonchev–Trinajstić information content (AvgIpc) is 2.61. The Labute approximate surface area is 163 Å². The fraction of sp³-hybridized carbons (Fsp3) is 0.591. The van der Waals surface area contributed by atoms with E-state index in [4.69, 9.17) is 0 Å². The molecule has 1 aromatic rings. The number of hydrogen-bond donors (Lipinski definition) is 1. The van der Waals surface area contributed by atoms with E-state index in [0.29, 0.717) is 24.8 Å². The van der Waals surface area contributed by atoms with Gasteiger partial charge < -0.3 is 5.11 Å². The zero-order chi connectivity index (χ0) is 20.4. The number of rotatable bonds is 7. The minimum atomic E-state index is -3.13. The molecule has 5 heteroatoms. The zero-order valence-corrected chi connectivity index (χ0v) is 17.9. The van der Waals surface area contributed by atoms with Gasteiger partial charge in [0, 0.05) is 18.6 Å². The smallest absolute Gasteiger partial charge is 0.167 e. The summed E-state index contributed by atoms with van der Waals surface area (Å²) in [6.45, 7) is 9.50. The highest BCUT2D eigenvalue weighted by Crippen LogP contribution is 2.38. The van der Waals surface area contributed by atoms with Crippen LogP contribution in [0.5, 0.6) is 0 Å². The predicted octanol–water partition coefficient (Wildman–Crippen LogP) is 4.58. The number of aryl methyl sites for hydroxylation is 3. The standard InChI is InChI=1S/C22H32O4S/c1-6-17-9-14(4)10-18(7-2)21(17)22-19(23)12-16(13-20(22)24)11-15(5)27(25,26)8-3/h9-10,15-16,23H,6-8,11-13H2,1-5H3. The van der Waals surface area contributed by atoms with Crippen LogP contribution in [-0.4, -0.2) is 30.3 Å². The number of hydrogen-bond acceptors (Lipinski definition) is 4. The van der Waals surface area contributed by atoms with Crippen LogP contribution >= 0.6 is 0 Å². The molecule has 1 aliphatic rings. The van der Waals surface area contributed by atoms with Crippen LogP contribution in [0.25, 0.3) is 5.57 Å². The first kappa shape index (κ1) is 21.7. The molecule has 4 nitrogen and oxygen atoms in total. The molecule has 2 rings (SSSR count). The zero-order valence-electron chi connectivity index (χ0n) is 17.1. The summed E-state index contributed by atoms with van der Waals surface area (Å²) in [7, 11) is -3.13. The van der Waals surface area contributed by atoms with E-state index in [2.05, 4.69) is 26.0 Å². The van der Waals surface area contributed by atoms with Crippen LogP contribution in [0.2, 0.25) is 0 Å². The Morgan fingerprint density at radius 2 is 1.67 bits per heavy atom.